The molecule has 0 aromatic heterocycles. The van der Waals surface area contributed by atoms with E-state index in [2.05, 4.69) is 10.6 Å². The predicted octanol–water partition coefficient (Wildman–Crippen LogP) is 1.21. The highest BCUT2D eigenvalue weighted by Crippen LogP contribution is 2.48. The second-order valence-electron chi connectivity index (χ2n) is 6.44. The maximum atomic E-state index is 12.7. The lowest BCUT2D eigenvalue weighted by atomic mass is 9.73. The molecule has 2 aromatic carbocycles. The number of hydrogen-bond acceptors (Lipinski definition) is 3. The zero-order chi connectivity index (χ0) is 16.9. The van der Waals surface area contributed by atoms with Crippen LogP contribution in [0.15, 0.2) is 48.5 Å². The van der Waals surface area contributed by atoms with E-state index in [4.69, 9.17) is 12.6 Å². The zero-order valence-electron chi connectivity index (χ0n) is 13.1. The van der Waals surface area contributed by atoms with Gasteiger partial charge in [0.15, 0.2) is 5.54 Å². The molecule has 24 heavy (non-hydrogen) atoms. The van der Waals surface area contributed by atoms with Gasteiger partial charge in [-0.3, -0.25) is 10.1 Å². The molecule has 2 aromatic rings. The fraction of sp³-hybridized carbons (Fsp3) is 0.222. The van der Waals surface area contributed by atoms with E-state index >= 15 is 0 Å². The van der Waals surface area contributed by atoms with Crippen molar-refractivity contribution < 1.29 is 14.3 Å². The van der Waals surface area contributed by atoms with Crippen molar-refractivity contribution in [2.24, 2.45) is 0 Å². The molecule has 0 bridgehead atoms. The number of benzene rings is 2. The molecule has 1 fully saturated rings. The summed E-state index contributed by atoms with van der Waals surface area (Å²) in [6, 6.07) is 14.3. The molecule has 2 unspecified atom stereocenters. The Morgan fingerprint density at radius 3 is 2.54 bits per heavy atom. The molecule has 2 aliphatic rings. The standard InChI is InChI=1S/C18H15BN2O3/c1-17(11-5-3-2-4-6-11)10-18(15(22)20-16(23)21-18)13-9-12(19)7-8-14(13)24-17/h2-9H,10H2,1H3,(H2,20,21,22,23). The Labute approximate surface area is 140 Å². The van der Waals surface area contributed by atoms with Crippen molar-refractivity contribution in [1.29, 1.82) is 0 Å². The molecular formula is C18H15BN2O3. The smallest absolute Gasteiger partial charge is 0.322 e. The summed E-state index contributed by atoms with van der Waals surface area (Å²) in [5.41, 5.74) is 0.0679. The maximum Gasteiger partial charge on any atom is 0.322 e. The van der Waals surface area contributed by atoms with Gasteiger partial charge in [0.2, 0.25) is 0 Å². The van der Waals surface area contributed by atoms with Gasteiger partial charge in [-0.05, 0) is 18.6 Å². The van der Waals surface area contributed by atoms with Crippen molar-refractivity contribution >= 4 is 25.2 Å². The quantitative estimate of drug-likeness (QED) is 0.613. The van der Waals surface area contributed by atoms with Crippen molar-refractivity contribution in [3.05, 3.63) is 59.7 Å². The number of fused-ring (bicyclic) bond motifs is 2. The van der Waals surface area contributed by atoms with E-state index in [0.29, 0.717) is 16.8 Å². The molecule has 4 rings (SSSR count). The van der Waals surface area contributed by atoms with Crippen LogP contribution < -0.4 is 20.8 Å². The van der Waals surface area contributed by atoms with Gasteiger partial charge >= 0.3 is 6.03 Å². The van der Waals surface area contributed by atoms with Crippen molar-refractivity contribution in [3.8, 4) is 5.75 Å². The summed E-state index contributed by atoms with van der Waals surface area (Å²) in [4.78, 5) is 24.5. The van der Waals surface area contributed by atoms with E-state index in [-0.39, 0.29) is 12.3 Å². The average molecular weight is 318 g/mol. The lowest BCUT2D eigenvalue weighted by molar-refractivity contribution is -0.128. The van der Waals surface area contributed by atoms with Crippen molar-refractivity contribution in [3.63, 3.8) is 0 Å². The zero-order valence-corrected chi connectivity index (χ0v) is 13.1. The number of ether oxygens (including phenoxy) is 1. The first-order valence-corrected chi connectivity index (χ1v) is 7.71. The SMILES string of the molecule is [B]c1ccc2c(c1)C1(CC(C)(c3ccccc3)O2)NC(=O)NC1=O. The Morgan fingerprint density at radius 2 is 1.88 bits per heavy atom. The van der Waals surface area contributed by atoms with Crippen LogP contribution in [0.5, 0.6) is 5.75 Å². The Hall–Kier alpha value is -2.76. The van der Waals surface area contributed by atoms with Crippen LogP contribution in [0.3, 0.4) is 0 Å². The van der Waals surface area contributed by atoms with E-state index < -0.39 is 17.2 Å². The first kappa shape index (κ1) is 14.8. The summed E-state index contributed by atoms with van der Waals surface area (Å²) >= 11 is 0. The molecule has 6 heteroatoms. The molecule has 2 radical (unpaired) electrons. The number of carbonyl (C=O) groups excluding carboxylic acids is 2. The third-order valence-corrected chi connectivity index (χ3v) is 4.73. The van der Waals surface area contributed by atoms with Gasteiger partial charge in [-0.2, -0.15) is 0 Å². The van der Waals surface area contributed by atoms with E-state index in [9.17, 15) is 9.59 Å². The van der Waals surface area contributed by atoms with Gasteiger partial charge in [0.25, 0.3) is 5.91 Å². The van der Waals surface area contributed by atoms with Gasteiger partial charge in [-0.15, -0.1) is 0 Å². The lowest BCUT2D eigenvalue weighted by Gasteiger charge is -2.44. The monoisotopic (exact) mass is 318 g/mol. The first-order valence-electron chi connectivity index (χ1n) is 7.71. The van der Waals surface area contributed by atoms with E-state index in [0.717, 1.165) is 5.56 Å². The van der Waals surface area contributed by atoms with Crippen molar-refractivity contribution in [1.82, 2.24) is 10.6 Å². The van der Waals surface area contributed by atoms with Gasteiger partial charge in [-0.1, -0.05) is 47.9 Å². The topological polar surface area (TPSA) is 67.4 Å². The molecule has 1 saturated heterocycles. The van der Waals surface area contributed by atoms with E-state index in [1.54, 1.807) is 18.2 Å². The largest absolute Gasteiger partial charge is 0.482 e. The number of rotatable bonds is 1. The molecule has 0 aliphatic carbocycles. The van der Waals surface area contributed by atoms with Gasteiger partial charge < -0.3 is 10.1 Å². The Kier molecular flexibility index (Phi) is 3.00. The van der Waals surface area contributed by atoms with Crippen LogP contribution in [-0.4, -0.2) is 19.8 Å². The highest BCUT2D eigenvalue weighted by atomic mass is 16.5. The molecule has 1 spiro atoms. The van der Waals surface area contributed by atoms with Crippen molar-refractivity contribution in [2.75, 3.05) is 0 Å². The Morgan fingerprint density at radius 1 is 1.12 bits per heavy atom. The summed E-state index contributed by atoms with van der Waals surface area (Å²) in [6.45, 7) is 1.92. The molecule has 2 N–H and O–H groups in total. The summed E-state index contributed by atoms with van der Waals surface area (Å²) in [5, 5.41) is 5.13. The van der Waals surface area contributed by atoms with E-state index in [1.807, 2.05) is 37.3 Å². The first-order chi connectivity index (χ1) is 11.4. The average Bonchev–Trinajstić information content (AvgIpc) is 2.83. The molecule has 0 saturated carbocycles. The van der Waals surface area contributed by atoms with Crippen LogP contribution in [-0.2, 0) is 15.9 Å². The molecule has 118 valence electrons. The molecule has 5 nitrogen and oxygen atoms in total. The minimum atomic E-state index is -1.19. The van der Waals surface area contributed by atoms with Gasteiger partial charge in [-0.25, -0.2) is 4.79 Å². The molecule has 2 atom stereocenters. The predicted molar refractivity (Wildman–Crippen MR) is 89.2 cm³/mol. The summed E-state index contributed by atoms with van der Waals surface area (Å²) in [5.74, 6) is 0.156. The fourth-order valence-corrected chi connectivity index (χ4v) is 3.61. The summed E-state index contributed by atoms with van der Waals surface area (Å²) in [6.07, 6.45) is 0.276. The van der Waals surface area contributed by atoms with Crippen LogP contribution in [0.1, 0.15) is 24.5 Å². The third kappa shape index (κ3) is 2.03. The number of urea groups is 1. The number of amides is 3. The highest BCUT2D eigenvalue weighted by Gasteiger charge is 2.56. The Bertz CT molecular complexity index is 855. The van der Waals surface area contributed by atoms with Crippen LogP contribution in [0.4, 0.5) is 4.79 Å². The van der Waals surface area contributed by atoms with Crippen LogP contribution >= 0.6 is 0 Å². The molecule has 2 heterocycles. The number of nitrogens with one attached hydrogen (secondary N) is 2. The van der Waals surface area contributed by atoms with Gasteiger partial charge in [0.05, 0.1) is 0 Å². The minimum Gasteiger partial charge on any atom is -0.482 e. The minimum absolute atomic E-state index is 0.276. The van der Waals surface area contributed by atoms with Crippen LogP contribution in [0.25, 0.3) is 0 Å². The number of imide groups is 1. The molecule has 3 amide bonds. The summed E-state index contributed by atoms with van der Waals surface area (Å²) < 4.78 is 6.24. The maximum absolute atomic E-state index is 12.7. The normalized spacial score (nSPS) is 28.0. The second-order valence-corrected chi connectivity index (χ2v) is 6.44. The third-order valence-electron chi connectivity index (χ3n) is 4.73. The highest BCUT2D eigenvalue weighted by molar-refractivity contribution is 6.32. The number of carbonyl (C=O) groups is 2. The molecular weight excluding hydrogens is 303 g/mol. The van der Waals surface area contributed by atoms with Gasteiger partial charge in [0.1, 0.15) is 19.2 Å². The van der Waals surface area contributed by atoms with Gasteiger partial charge in [0, 0.05) is 12.0 Å². The van der Waals surface area contributed by atoms with Crippen LogP contribution in [0.2, 0.25) is 0 Å². The molecule has 2 aliphatic heterocycles. The Balaban J connectivity index is 1.92. The fourth-order valence-electron chi connectivity index (χ4n) is 3.61. The van der Waals surface area contributed by atoms with E-state index in [1.165, 1.54) is 0 Å². The number of hydrogen-bond donors (Lipinski definition) is 2. The lowest BCUT2D eigenvalue weighted by Crippen LogP contribution is -2.53. The van der Waals surface area contributed by atoms with Crippen LogP contribution in [0, 0.1) is 0 Å². The second kappa shape index (κ2) is 4.87. The van der Waals surface area contributed by atoms with Crippen molar-refractivity contribution in [2.45, 2.75) is 24.5 Å². The summed E-state index contributed by atoms with van der Waals surface area (Å²) in [7, 11) is 5.89.